The number of carbonyl (C=O) groups excluding carboxylic acids is 2. The number of rotatable bonds is 8. The third-order valence-electron chi connectivity index (χ3n) is 3.16. The first kappa shape index (κ1) is 19.3. The summed E-state index contributed by atoms with van der Waals surface area (Å²) in [6.45, 7) is -0.425. The standard InChI is InChI=1S/C18H18ClN3O4/c1-25-16-5-3-2-4-13(16)10-21-22-17(23)11-20-18(24)12-26-15-8-6-14(19)7-9-15/h2-10H,11-12H2,1H3,(H,20,24)(H,22,23)/b21-10-. The molecular formula is C18H18ClN3O4. The van der Waals surface area contributed by atoms with Crippen LogP contribution in [0.3, 0.4) is 0 Å². The van der Waals surface area contributed by atoms with Gasteiger partial charge in [0.1, 0.15) is 11.5 Å². The van der Waals surface area contributed by atoms with Crippen LogP contribution in [0, 0.1) is 0 Å². The highest BCUT2D eigenvalue weighted by molar-refractivity contribution is 6.30. The number of carbonyl (C=O) groups is 2. The van der Waals surface area contributed by atoms with Crippen LogP contribution in [0.15, 0.2) is 53.6 Å². The van der Waals surface area contributed by atoms with E-state index in [9.17, 15) is 9.59 Å². The first-order valence-electron chi connectivity index (χ1n) is 7.68. The van der Waals surface area contributed by atoms with Gasteiger partial charge in [0.2, 0.25) is 0 Å². The average molecular weight is 376 g/mol. The fraction of sp³-hybridized carbons (Fsp3) is 0.167. The molecule has 0 fully saturated rings. The number of benzene rings is 2. The number of nitrogens with one attached hydrogen (secondary N) is 2. The Balaban J connectivity index is 1.70. The molecule has 0 bridgehead atoms. The second kappa shape index (κ2) is 10.0. The van der Waals surface area contributed by atoms with Gasteiger partial charge in [0.15, 0.2) is 6.61 Å². The average Bonchev–Trinajstić information content (AvgIpc) is 2.66. The molecule has 0 heterocycles. The molecule has 2 aromatic rings. The number of hydrogen-bond acceptors (Lipinski definition) is 5. The van der Waals surface area contributed by atoms with Gasteiger partial charge in [-0.3, -0.25) is 9.59 Å². The highest BCUT2D eigenvalue weighted by Crippen LogP contribution is 2.15. The van der Waals surface area contributed by atoms with Gasteiger partial charge in [0.25, 0.3) is 11.8 Å². The van der Waals surface area contributed by atoms with Crippen molar-refractivity contribution in [1.29, 1.82) is 0 Å². The number of nitrogens with zero attached hydrogens (tertiary/aromatic N) is 1. The maximum absolute atomic E-state index is 11.7. The smallest absolute Gasteiger partial charge is 0.259 e. The number of methoxy groups -OCH3 is 1. The first-order valence-corrected chi connectivity index (χ1v) is 8.06. The van der Waals surface area contributed by atoms with E-state index in [-0.39, 0.29) is 13.2 Å². The Labute approximate surface area is 155 Å². The lowest BCUT2D eigenvalue weighted by atomic mass is 10.2. The lowest BCUT2D eigenvalue weighted by Crippen LogP contribution is -2.37. The molecule has 8 heteroatoms. The molecule has 0 aliphatic rings. The molecule has 0 unspecified atom stereocenters. The fourth-order valence-corrected chi connectivity index (χ4v) is 2.02. The highest BCUT2D eigenvalue weighted by Gasteiger charge is 2.06. The number of hydrogen-bond donors (Lipinski definition) is 2. The van der Waals surface area contributed by atoms with E-state index in [1.165, 1.54) is 6.21 Å². The fourth-order valence-electron chi connectivity index (χ4n) is 1.90. The molecule has 0 spiro atoms. The Kier molecular flexibility index (Phi) is 7.45. The molecule has 2 N–H and O–H groups in total. The van der Waals surface area contributed by atoms with Crippen molar-refractivity contribution in [2.45, 2.75) is 0 Å². The molecule has 0 saturated carbocycles. The molecule has 0 radical (unpaired) electrons. The van der Waals surface area contributed by atoms with Crippen molar-refractivity contribution in [3.05, 3.63) is 59.1 Å². The van der Waals surface area contributed by atoms with E-state index in [4.69, 9.17) is 21.1 Å². The predicted molar refractivity (Wildman–Crippen MR) is 98.7 cm³/mol. The normalized spacial score (nSPS) is 10.4. The lowest BCUT2D eigenvalue weighted by Gasteiger charge is -2.07. The SMILES string of the molecule is COc1ccccc1/C=N\NC(=O)CNC(=O)COc1ccc(Cl)cc1. The van der Waals surface area contributed by atoms with E-state index in [0.717, 1.165) is 5.56 Å². The molecule has 0 atom stereocenters. The summed E-state index contributed by atoms with van der Waals surface area (Å²) in [7, 11) is 1.55. The van der Waals surface area contributed by atoms with Gasteiger partial charge in [-0.1, -0.05) is 23.7 Å². The van der Waals surface area contributed by atoms with Gasteiger partial charge in [-0.2, -0.15) is 5.10 Å². The van der Waals surface area contributed by atoms with Crippen molar-refractivity contribution in [3.63, 3.8) is 0 Å². The number of para-hydroxylation sites is 1. The van der Waals surface area contributed by atoms with Crippen LogP contribution >= 0.6 is 11.6 Å². The van der Waals surface area contributed by atoms with Crippen molar-refractivity contribution in [2.24, 2.45) is 5.10 Å². The van der Waals surface area contributed by atoms with Gasteiger partial charge in [-0.05, 0) is 36.4 Å². The highest BCUT2D eigenvalue weighted by atomic mass is 35.5. The van der Waals surface area contributed by atoms with Gasteiger partial charge in [-0.15, -0.1) is 0 Å². The second-order valence-corrected chi connectivity index (χ2v) is 5.49. The molecule has 0 saturated heterocycles. The molecular weight excluding hydrogens is 358 g/mol. The summed E-state index contributed by atoms with van der Waals surface area (Å²) in [6, 6.07) is 13.8. The van der Waals surface area contributed by atoms with Crippen LogP contribution in [0.25, 0.3) is 0 Å². The molecule has 0 aliphatic heterocycles. The van der Waals surface area contributed by atoms with E-state index < -0.39 is 11.8 Å². The maximum Gasteiger partial charge on any atom is 0.259 e. The maximum atomic E-state index is 11.7. The molecule has 136 valence electrons. The van der Waals surface area contributed by atoms with Gasteiger partial charge in [0.05, 0.1) is 19.9 Å². The van der Waals surface area contributed by atoms with Gasteiger partial charge >= 0.3 is 0 Å². The van der Waals surface area contributed by atoms with Crippen LogP contribution in [-0.2, 0) is 9.59 Å². The zero-order chi connectivity index (χ0) is 18.8. The Morgan fingerprint density at radius 2 is 1.85 bits per heavy atom. The van der Waals surface area contributed by atoms with Crippen molar-refractivity contribution in [2.75, 3.05) is 20.3 Å². The van der Waals surface area contributed by atoms with Crippen molar-refractivity contribution >= 4 is 29.6 Å². The summed E-state index contributed by atoms with van der Waals surface area (Å²) in [5.74, 6) is 0.258. The Morgan fingerprint density at radius 3 is 2.58 bits per heavy atom. The number of amides is 2. The summed E-state index contributed by atoms with van der Waals surface area (Å²) >= 11 is 5.76. The monoisotopic (exact) mass is 375 g/mol. The van der Waals surface area contributed by atoms with Crippen LogP contribution in [0.1, 0.15) is 5.56 Å². The minimum atomic E-state index is -0.462. The van der Waals surface area contributed by atoms with Crippen LogP contribution in [0.4, 0.5) is 0 Å². The topological polar surface area (TPSA) is 89.0 Å². The third kappa shape index (κ3) is 6.45. The van der Waals surface area contributed by atoms with Gasteiger partial charge < -0.3 is 14.8 Å². The molecule has 2 rings (SSSR count). The molecule has 2 amide bonds. The summed E-state index contributed by atoms with van der Waals surface area (Å²) in [6.07, 6.45) is 1.46. The second-order valence-electron chi connectivity index (χ2n) is 5.05. The minimum Gasteiger partial charge on any atom is -0.496 e. The van der Waals surface area contributed by atoms with Crippen LogP contribution in [0.2, 0.25) is 5.02 Å². The molecule has 26 heavy (non-hydrogen) atoms. The number of halogens is 1. The van der Waals surface area contributed by atoms with Crippen molar-refractivity contribution in [3.8, 4) is 11.5 Å². The molecule has 0 aromatic heterocycles. The van der Waals surface area contributed by atoms with Crippen molar-refractivity contribution in [1.82, 2.24) is 10.7 Å². The summed E-state index contributed by atoms with van der Waals surface area (Å²) < 4.78 is 10.4. The van der Waals surface area contributed by atoms with Crippen molar-refractivity contribution < 1.29 is 19.1 Å². The van der Waals surface area contributed by atoms with E-state index in [2.05, 4.69) is 15.8 Å². The van der Waals surface area contributed by atoms with Gasteiger partial charge in [-0.25, -0.2) is 5.43 Å². The molecule has 0 aliphatic carbocycles. The van der Waals surface area contributed by atoms with E-state index in [1.54, 1.807) is 43.5 Å². The Hall–Kier alpha value is -3.06. The van der Waals surface area contributed by atoms with Crippen LogP contribution in [-0.4, -0.2) is 38.3 Å². The minimum absolute atomic E-state index is 0.209. The summed E-state index contributed by atoms with van der Waals surface area (Å²) in [4.78, 5) is 23.3. The largest absolute Gasteiger partial charge is 0.496 e. The van der Waals surface area contributed by atoms with Crippen LogP contribution in [0.5, 0.6) is 11.5 Å². The third-order valence-corrected chi connectivity index (χ3v) is 3.41. The Bertz CT molecular complexity index is 778. The predicted octanol–water partition coefficient (Wildman–Crippen LogP) is 1.99. The zero-order valence-electron chi connectivity index (χ0n) is 14.1. The number of ether oxygens (including phenoxy) is 2. The zero-order valence-corrected chi connectivity index (χ0v) is 14.8. The quantitative estimate of drug-likeness (QED) is 0.545. The lowest BCUT2D eigenvalue weighted by molar-refractivity contribution is -0.127. The van der Waals surface area contributed by atoms with Gasteiger partial charge in [0, 0.05) is 10.6 Å². The van der Waals surface area contributed by atoms with E-state index in [0.29, 0.717) is 16.5 Å². The molecule has 2 aromatic carbocycles. The van der Waals surface area contributed by atoms with E-state index in [1.807, 2.05) is 12.1 Å². The van der Waals surface area contributed by atoms with Crippen LogP contribution < -0.4 is 20.2 Å². The molecule has 7 nitrogen and oxygen atoms in total. The summed E-state index contributed by atoms with van der Waals surface area (Å²) in [5, 5.41) is 6.84. The van der Waals surface area contributed by atoms with E-state index >= 15 is 0 Å². The summed E-state index contributed by atoms with van der Waals surface area (Å²) in [5.41, 5.74) is 3.04. The number of hydrazone groups is 1. The first-order chi connectivity index (χ1) is 12.6. The Morgan fingerprint density at radius 1 is 1.12 bits per heavy atom.